The normalized spacial score (nSPS) is 13.1. The molecule has 1 heteroatoms. The van der Waals surface area contributed by atoms with E-state index in [2.05, 4.69) is 307 Å². The summed E-state index contributed by atoms with van der Waals surface area (Å²) in [5.74, 6) is 0. The van der Waals surface area contributed by atoms with Crippen LogP contribution in [0.4, 0.5) is 17.1 Å². The molecular weight excluding hydrogens is 939 g/mol. The minimum atomic E-state index is -0.482. The minimum Gasteiger partial charge on any atom is -0.309 e. The molecule has 1 nitrogen and oxygen atoms in total. The SMILES string of the molecule is CC(C)(C)c1ccc2c(c1)C1(c3ccccc3-c3ccc(-c4ccc(N(c5ccccc5-c5ccccc5-c5ccccc5-c5ccccc5)c5cc6ccccc6c6ccccc56)cc4)cc31)c1cc(C(C)(C)C)ccc1-2. The molecule has 14 rings (SSSR count). The lowest BCUT2D eigenvalue weighted by Crippen LogP contribution is -2.27. The fourth-order valence-corrected chi connectivity index (χ4v) is 13.2. The smallest absolute Gasteiger partial charge is 0.0725 e. The van der Waals surface area contributed by atoms with Crippen molar-refractivity contribution in [2.45, 2.75) is 57.8 Å². The van der Waals surface area contributed by atoms with E-state index in [1.165, 1.54) is 116 Å². The van der Waals surface area contributed by atoms with Crippen molar-refractivity contribution in [3.05, 3.63) is 294 Å². The van der Waals surface area contributed by atoms with Crippen LogP contribution in [0.3, 0.4) is 0 Å². The number of hydrogen-bond acceptors (Lipinski definition) is 1. The summed E-state index contributed by atoms with van der Waals surface area (Å²) in [7, 11) is 0. The van der Waals surface area contributed by atoms with E-state index in [4.69, 9.17) is 0 Å². The van der Waals surface area contributed by atoms with E-state index >= 15 is 0 Å². The zero-order chi connectivity index (χ0) is 52.9. The molecule has 0 N–H and O–H groups in total. The van der Waals surface area contributed by atoms with Gasteiger partial charge >= 0.3 is 0 Å². The number of hydrogen-bond donors (Lipinski definition) is 0. The van der Waals surface area contributed by atoms with Crippen LogP contribution < -0.4 is 4.90 Å². The molecule has 12 aromatic rings. The first-order valence-electron chi connectivity index (χ1n) is 27.7. The van der Waals surface area contributed by atoms with Crippen LogP contribution in [0, 0.1) is 0 Å². The molecule has 0 atom stereocenters. The van der Waals surface area contributed by atoms with E-state index in [0.717, 1.165) is 22.6 Å². The average molecular weight is 1000 g/mol. The molecule has 0 amide bonds. The van der Waals surface area contributed by atoms with Crippen LogP contribution in [-0.4, -0.2) is 0 Å². The topological polar surface area (TPSA) is 3.24 Å². The highest BCUT2D eigenvalue weighted by atomic mass is 15.1. The summed E-state index contributed by atoms with van der Waals surface area (Å²) >= 11 is 0. The lowest BCUT2D eigenvalue weighted by atomic mass is 9.68. The van der Waals surface area contributed by atoms with Crippen LogP contribution in [0.1, 0.15) is 74.9 Å². The molecule has 0 heterocycles. The molecule has 0 saturated carbocycles. The number of nitrogens with zero attached hydrogens (tertiary/aromatic N) is 1. The van der Waals surface area contributed by atoms with E-state index in [9.17, 15) is 0 Å². The first-order valence-corrected chi connectivity index (χ1v) is 27.7. The molecule has 0 fully saturated rings. The Morgan fingerprint density at radius 3 is 1.36 bits per heavy atom. The van der Waals surface area contributed by atoms with Gasteiger partial charge in [-0.05, 0) is 152 Å². The molecule has 2 aliphatic carbocycles. The van der Waals surface area contributed by atoms with Crippen LogP contribution in [0.15, 0.2) is 261 Å². The van der Waals surface area contributed by atoms with Gasteiger partial charge in [0.1, 0.15) is 0 Å². The molecule has 0 bridgehead atoms. The summed E-state index contributed by atoms with van der Waals surface area (Å²) in [5, 5.41) is 4.88. The molecule has 1 spiro atoms. The van der Waals surface area contributed by atoms with Crippen LogP contribution in [0.2, 0.25) is 0 Å². The van der Waals surface area contributed by atoms with Gasteiger partial charge < -0.3 is 4.90 Å². The van der Waals surface area contributed by atoms with E-state index in [1.54, 1.807) is 0 Å². The molecule has 374 valence electrons. The van der Waals surface area contributed by atoms with Crippen LogP contribution >= 0.6 is 0 Å². The molecule has 0 aromatic heterocycles. The van der Waals surface area contributed by atoms with Crippen LogP contribution in [-0.2, 0) is 16.2 Å². The Hall–Kier alpha value is -9.04. The zero-order valence-electron chi connectivity index (χ0n) is 45.3. The Balaban J connectivity index is 0.962. The maximum atomic E-state index is 2.54. The van der Waals surface area contributed by atoms with E-state index in [-0.39, 0.29) is 10.8 Å². The van der Waals surface area contributed by atoms with E-state index in [1.807, 2.05) is 0 Å². The predicted molar refractivity (Wildman–Crippen MR) is 332 cm³/mol. The van der Waals surface area contributed by atoms with Crippen molar-refractivity contribution in [2.75, 3.05) is 4.90 Å². The molecule has 12 aromatic carbocycles. The van der Waals surface area contributed by atoms with Crippen LogP contribution in [0.25, 0.3) is 88.3 Å². The van der Waals surface area contributed by atoms with Crippen molar-refractivity contribution >= 4 is 38.6 Å². The largest absolute Gasteiger partial charge is 0.309 e. The second-order valence-corrected chi connectivity index (χ2v) is 23.6. The quantitative estimate of drug-likeness (QED) is 0.144. The zero-order valence-corrected chi connectivity index (χ0v) is 45.3. The highest BCUT2D eigenvalue weighted by Gasteiger charge is 2.52. The Labute approximate surface area is 459 Å². The highest BCUT2D eigenvalue weighted by Crippen LogP contribution is 2.64. The lowest BCUT2D eigenvalue weighted by Gasteiger charge is -2.33. The van der Waals surface area contributed by atoms with Crippen molar-refractivity contribution in [2.24, 2.45) is 0 Å². The summed E-state index contributed by atoms with van der Waals surface area (Å²) < 4.78 is 0. The van der Waals surface area contributed by atoms with Gasteiger partial charge in [0.2, 0.25) is 0 Å². The molecule has 0 saturated heterocycles. The van der Waals surface area contributed by atoms with Gasteiger partial charge in [-0.2, -0.15) is 0 Å². The van der Waals surface area contributed by atoms with E-state index in [0.29, 0.717) is 0 Å². The van der Waals surface area contributed by atoms with Crippen molar-refractivity contribution in [1.29, 1.82) is 0 Å². The minimum absolute atomic E-state index is 0.0170. The molecule has 0 radical (unpaired) electrons. The Bertz CT molecular complexity index is 4270. The van der Waals surface area contributed by atoms with Crippen molar-refractivity contribution in [3.63, 3.8) is 0 Å². The summed E-state index contributed by atoms with van der Waals surface area (Å²) in [4.78, 5) is 2.51. The Kier molecular flexibility index (Phi) is 11.0. The molecule has 0 unspecified atom stereocenters. The van der Waals surface area contributed by atoms with Gasteiger partial charge in [-0.1, -0.05) is 272 Å². The third kappa shape index (κ3) is 7.43. The number of anilines is 3. The molecule has 2 aliphatic rings. The monoisotopic (exact) mass is 999 g/mol. The number of fused-ring (bicyclic) bond motifs is 13. The third-order valence-corrected chi connectivity index (χ3v) is 17.0. The molecular formula is C77H61N. The van der Waals surface area contributed by atoms with Gasteiger partial charge in [0.25, 0.3) is 0 Å². The predicted octanol–water partition coefficient (Wildman–Crippen LogP) is 21.1. The van der Waals surface area contributed by atoms with E-state index < -0.39 is 5.41 Å². The first-order chi connectivity index (χ1) is 38.0. The maximum Gasteiger partial charge on any atom is 0.0725 e. The lowest BCUT2D eigenvalue weighted by molar-refractivity contribution is 0.586. The third-order valence-electron chi connectivity index (χ3n) is 17.0. The molecule has 0 aliphatic heterocycles. The summed E-state index contributed by atoms with van der Waals surface area (Å²) in [6, 6.07) is 98.2. The van der Waals surface area contributed by atoms with Crippen LogP contribution in [0.5, 0.6) is 0 Å². The summed E-state index contributed by atoms with van der Waals surface area (Å²) in [5.41, 5.74) is 25.8. The van der Waals surface area contributed by atoms with Gasteiger partial charge in [-0.15, -0.1) is 0 Å². The second-order valence-electron chi connectivity index (χ2n) is 23.6. The highest BCUT2D eigenvalue weighted by molar-refractivity contribution is 6.15. The standard InChI is InChI=1S/C77H61N/c1-75(2,3)54-39-44-65-66-45-40-55(76(4,5)6)49-72(66)77(71(65)48-54)69-34-20-18-31-63(69)64-43-38-52(46-70(64)77)50-36-41-56(42-37-50)78(74-47-53-24-10-11-26-58(53)60-28-16-17-33-68(60)74)73-35-21-19-32-67(73)62-30-15-14-29-61(62)59-27-13-12-25-57(59)51-22-8-7-9-23-51/h7-49H,1-6H3. The fourth-order valence-electron chi connectivity index (χ4n) is 13.2. The average Bonchev–Trinajstić information content (AvgIpc) is 3.24. The van der Waals surface area contributed by atoms with Crippen molar-refractivity contribution < 1.29 is 0 Å². The Morgan fingerprint density at radius 1 is 0.269 bits per heavy atom. The second kappa shape index (κ2) is 18.0. The summed E-state index contributed by atoms with van der Waals surface area (Å²) in [6.07, 6.45) is 0. The van der Waals surface area contributed by atoms with Gasteiger partial charge in [-0.25, -0.2) is 0 Å². The van der Waals surface area contributed by atoms with Gasteiger partial charge in [-0.3, -0.25) is 0 Å². The molecule has 78 heavy (non-hydrogen) atoms. The van der Waals surface area contributed by atoms with Gasteiger partial charge in [0.05, 0.1) is 16.8 Å². The maximum absolute atomic E-state index is 2.54. The first kappa shape index (κ1) is 47.4. The fraction of sp³-hybridized carbons (Fsp3) is 0.117. The summed E-state index contributed by atoms with van der Waals surface area (Å²) in [6.45, 7) is 14.0. The Morgan fingerprint density at radius 2 is 0.718 bits per heavy atom. The van der Waals surface area contributed by atoms with Crippen molar-refractivity contribution in [1.82, 2.24) is 0 Å². The number of benzene rings is 12. The number of rotatable bonds is 7. The van der Waals surface area contributed by atoms with Gasteiger partial charge in [0.15, 0.2) is 0 Å². The van der Waals surface area contributed by atoms with Crippen molar-refractivity contribution in [3.8, 4) is 66.8 Å². The van der Waals surface area contributed by atoms with Gasteiger partial charge in [0, 0.05) is 16.6 Å². The number of para-hydroxylation sites is 1.